The van der Waals surface area contributed by atoms with Gasteiger partial charge in [-0.2, -0.15) is 28.5 Å². The zero-order chi connectivity index (χ0) is 16.8. The third-order valence-electron chi connectivity index (χ3n) is 2.84. The lowest BCUT2D eigenvalue weighted by molar-refractivity contribution is -0.165. The van der Waals surface area contributed by atoms with Crippen LogP contribution in [-0.4, -0.2) is 39.6 Å². The molecule has 120 valence electrons. The van der Waals surface area contributed by atoms with Gasteiger partial charge in [0, 0.05) is 18.9 Å². The minimum absolute atomic E-state index is 0.514. The first-order valence-corrected chi connectivity index (χ1v) is 6.29. The van der Waals surface area contributed by atoms with Crippen LogP contribution in [0.4, 0.5) is 18.9 Å². The number of hydrogen-bond acceptors (Lipinski definition) is 4. The highest BCUT2D eigenvalue weighted by molar-refractivity contribution is 5.73. The van der Waals surface area contributed by atoms with Gasteiger partial charge in [-0.15, -0.1) is 0 Å². The lowest BCUT2D eigenvalue weighted by Gasteiger charge is -2.17. The fraction of sp³-hybridized carbons (Fsp3) is 0.385. The summed E-state index contributed by atoms with van der Waals surface area (Å²) in [6, 6.07) is 1.70. The minimum Gasteiger partial charge on any atom is -0.316 e. The van der Waals surface area contributed by atoms with Crippen molar-refractivity contribution in [3.05, 3.63) is 36.4 Å². The number of halogens is 3. The average molecular weight is 315 g/mol. The molecule has 6 nitrogen and oxygen atoms in total. The zero-order valence-corrected chi connectivity index (χ0v) is 12.3. The van der Waals surface area contributed by atoms with Crippen molar-refractivity contribution in [3.8, 4) is 0 Å². The highest BCUT2D eigenvalue weighted by Gasteiger charge is 2.38. The molecule has 9 heteroatoms. The third-order valence-corrected chi connectivity index (χ3v) is 2.84. The van der Waals surface area contributed by atoms with Gasteiger partial charge in [0.2, 0.25) is 6.41 Å². The molecular weight excluding hydrogens is 299 g/mol. The first-order valence-electron chi connectivity index (χ1n) is 6.29. The van der Waals surface area contributed by atoms with Crippen molar-refractivity contribution in [2.75, 3.05) is 11.9 Å². The lowest BCUT2D eigenvalue weighted by Crippen LogP contribution is -2.25. The Hall–Kier alpha value is -2.45. The van der Waals surface area contributed by atoms with Crippen LogP contribution in [-0.2, 0) is 4.79 Å². The number of alkyl halides is 3. The van der Waals surface area contributed by atoms with E-state index in [-0.39, 0.29) is 0 Å². The Morgan fingerprint density at radius 2 is 1.95 bits per heavy atom. The van der Waals surface area contributed by atoms with E-state index in [1.807, 2.05) is 0 Å². The van der Waals surface area contributed by atoms with Gasteiger partial charge in [-0.1, -0.05) is 0 Å². The average Bonchev–Trinajstić information content (AvgIpc) is 2.92. The Morgan fingerprint density at radius 1 is 1.27 bits per heavy atom. The topological polar surface area (TPSA) is 63.9 Å². The molecular formula is C13H16F3N5O. The molecule has 1 unspecified atom stereocenters. The molecule has 0 aromatic carbocycles. The van der Waals surface area contributed by atoms with Gasteiger partial charge in [-0.3, -0.25) is 9.48 Å². The molecule has 1 amide bonds. The normalized spacial score (nSPS) is 12.1. The standard InChI is InChI=1S/C7H9F3N2.C6H7N3O/c1-5-3-4-11-12(5)6(2)7(8,9)10;1-9(5-10)6-2-3-7-8-4-6/h3-4,6H,1-2H3;2-5H,1H3. The molecule has 22 heavy (non-hydrogen) atoms. The van der Waals surface area contributed by atoms with Crippen molar-refractivity contribution in [2.24, 2.45) is 0 Å². The molecule has 0 spiro atoms. The molecule has 0 fully saturated rings. The molecule has 0 aliphatic carbocycles. The summed E-state index contributed by atoms with van der Waals surface area (Å²) in [6.07, 6.45) is 0.912. The number of anilines is 1. The molecule has 0 bridgehead atoms. The van der Waals surface area contributed by atoms with Gasteiger partial charge in [0.1, 0.15) is 6.04 Å². The maximum atomic E-state index is 12.1. The molecule has 0 N–H and O–H groups in total. The van der Waals surface area contributed by atoms with Crippen LogP contribution in [0.3, 0.4) is 0 Å². The van der Waals surface area contributed by atoms with Crippen LogP contribution in [0.25, 0.3) is 0 Å². The SMILES string of the molecule is CN(C=O)c1ccnnc1.Cc1ccnn1C(C)C(F)(F)F. The van der Waals surface area contributed by atoms with Crippen molar-refractivity contribution in [2.45, 2.75) is 26.1 Å². The quantitative estimate of drug-likeness (QED) is 0.816. The van der Waals surface area contributed by atoms with E-state index in [0.29, 0.717) is 5.69 Å². The van der Waals surface area contributed by atoms with E-state index >= 15 is 0 Å². The van der Waals surface area contributed by atoms with E-state index in [0.717, 1.165) is 23.7 Å². The van der Waals surface area contributed by atoms with Gasteiger partial charge in [0.25, 0.3) is 0 Å². The Morgan fingerprint density at radius 3 is 2.36 bits per heavy atom. The van der Waals surface area contributed by atoms with Gasteiger partial charge in [-0.25, -0.2) is 0 Å². The first-order chi connectivity index (χ1) is 10.3. The molecule has 2 heterocycles. The Labute approximate surface area is 125 Å². The summed E-state index contributed by atoms with van der Waals surface area (Å²) in [6.45, 7) is 2.68. The van der Waals surface area contributed by atoms with Crippen molar-refractivity contribution in [1.29, 1.82) is 0 Å². The molecule has 2 aromatic rings. The van der Waals surface area contributed by atoms with Crippen molar-refractivity contribution >= 4 is 12.1 Å². The number of aryl methyl sites for hydroxylation is 1. The predicted molar refractivity (Wildman–Crippen MR) is 74.2 cm³/mol. The Kier molecular flexibility index (Phi) is 6.02. The second-order valence-electron chi connectivity index (χ2n) is 4.45. The van der Waals surface area contributed by atoms with Crippen LogP contribution in [0.2, 0.25) is 0 Å². The second kappa shape index (κ2) is 7.53. The van der Waals surface area contributed by atoms with Crippen LogP contribution in [0.15, 0.2) is 30.7 Å². The number of carbonyl (C=O) groups excluding carboxylic acids is 1. The van der Waals surface area contributed by atoms with Crippen molar-refractivity contribution < 1.29 is 18.0 Å². The van der Waals surface area contributed by atoms with Crippen molar-refractivity contribution in [1.82, 2.24) is 20.0 Å². The molecule has 1 atom stereocenters. The third kappa shape index (κ3) is 4.83. The maximum absolute atomic E-state index is 12.1. The molecule has 0 saturated carbocycles. The number of amides is 1. The number of hydrogen-bond donors (Lipinski definition) is 0. The number of carbonyl (C=O) groups is 1. The van der Waals surface area contributed by atoms with Crippen molar-refractivity contribution in [3.63, 3.8) is 0 Å². The van der Waals surface area contributed by atoms with Gasteiger partial charge < -0.3 is 4.90 Å². The highest BCUT2D eigenvalue weighted by Crippen LogP contribution is 2.29. The molecule has 2 rings (SSSR count). The van der Waals surface area contributed by atoms with Crippen LogP contribution in [0.1, 0.15) is 18.7 Å². The summed E-state index contributed by atoms with van der Waals surface area (Å²) in [4.78, 5) is 11.6. The molecule has 0 aliphatic rings. The van der Waals surface area contributed by atoms with Gasteiger partial charge >= 0.3 is 6.18 Å². The summed E-state index contributed by atoms with van der Waals surface area (Å²) < 4.78 is 37.4. The lowest BCUT2D eigenvalue weighted by atomic mass is 10.3. The van der Waals surface area contributed by atoms with E-state index in [1.165, 1.54) is 23.5 Å². The number of aromatic nitrogens is 4. The molecule has 2 aromatic heterocycles. The zero-order valence-electron chi connectivity index (χ0n) is 12.3. The van der Waals surface area contributed by atoms with Crippen LogP contribution in [0, 0.1) is 6.92 Å². The van der Waals surface area contributed by atoms with E-state index in [1.54, 1.807) is 26.1 Å². The van der Waals surface area contributed by atoms with E-state index in [4.69, 9.17) is 0 Å². The van der Waals surface area contributed by atoms with Crippen LogP contribution >= 0.6 is 0 Å². The van der Waals surface area contributed by atoms with Gasteiger partial charge in [-0.05, 0) is 26.0 Å². The highest BCUT2D eigenvalue weighted by atomic mass is 19.4. The van der Waals surface area contributed by atoms with E-state index in [9.17, 15) is 18.0 Å². The fourth-order valence-corrected chi connectivity index (χ4v) is 1.48. The summed E-state index contributed by atoms with van der Waals surface area (Å²) in [5.74, 6) is 0. The Bertz CT molecular complexity index is 585. The Balaban J connectivity index is 0.000000224. The first kappa shape index (κ1) is 17.6. The van der Waals surface area contributed by atoms with E-state index in [2.05, 4.69) is 15.3 Å². The van der Waals surface area contributed by atoms with Crippen LogP contribution in [0.5, 0.6) is 0 Å². The summed E-state index contributed by atoms with van der Waals surface area (Å²) in [5.41, 5.74) is 1.25. The number of rotatable bonds is 3. The molecule has 0 radical (unpaired) electrons. The molecule has 0 aliphatic heterocycles. The summed E-state index contributed by atoms with van der Waals surface area (Å²) >= 11 is 0. The van der Waals surface area contributed by atoms with Gasteiger partial charge in [0.15, 0.2) is 0 Å². The monoisotopic (exact) mass is 315 g/mol. The molecule has 0 saturated heterocycles. The largest absolute Gasteiger partial charge is 0.410 e. The van der Waals surface area contributed by atoms with Crippen LogP contribution < -0.4 is 4.90 Å². The summed E-state index contributed by atoms with van der Waals surface area (Å²) in [7, 11) is 1.66. The maximum Gasteiger partial charge on any atom is 0.410 e. The minimum atomic E-state index is -4.23. The fourth-order valence-electron chi connectivity index (χ4n) is 1.48. The number of nitrogens with zero attached hydrogens (tertiary/aromatic N) is 5. The summed E-state index contributed by atoms with van der Waals surface area (Å²) in [5, 5.41) is 10.8. The van der Waals surface area contributed by atoms with E-state index < -0.39 is 12.2 Å². The predicted octanol–water partition coefficient (Wildman–Crippen LogP) is 2.38. The van der Waals surface area contributed by atoms with Gasteiger partial charge in [0.05, 0.1) is 18.1 Å². The second-order valence-corrected chi connectivity index (χ2v) is 4.45. The smallest absolute Gasteiger partial charge is 0.316 e.